The van der Waals surface area contributed by atoms with E-state index in [1.165, 1.54) is 12.0 Å². The maximum absolute atomic E-state index is 12.5. The van der Waals surface area contributed by atoms with E-state index in [-0.39, 0.29) is 17.9 Å². The van der Waals surface area contributed by atoms with Crippen molar-refractivity contribution in [2.24, 2.45) is 0 Å². The number of benzene rings is 2. The Balaban J connectivity index is 1.65. The molecular formula is C24H33N3O2. The molecule has 5 nitrogen and oxygen atoms in total. The number of ether oxygens (including phenoxy) is 1. The molecule has 2 aromatic carbocycles. The molecule has 1 fully saturated rings. The highest BCUT2D eigenvalue weighted by molar-refractivity contribution is 5.96. The SMILES string of the molecule is C[C@H]1CCCCN1c1ccc(N)cc1NC(=O)COc1ccc(C(C)(C)C)cc1. The standard InChI is InChI=1S/C24H33N3O2/c1-17-7-5-6-14-27(17)22-13-10-19(25)15-21(22)26-23(28)16-29-20-11-8-18(9-12-20)24(2,3)4/h8-13,15,17H,5-7,14,16,25H2,1-4H3,(H,26,28)/t17-/m0/s1. The molecule has 29 heavy (non-hydrogen) atoms. The highest BCUT2D eigenvalue weighted by Crippen LogP contribution is 2.33. The van der Waals surface area contributed by atoms with E-state index in [1.807, 2.05) is 42.5 Å². The van der Waals surface area contributed by atoms with Gasteiger partial charge in [-0.1, -0.05) is 32.9 Å². The van der Waals surface area contributed by atoms with Crippen molar-refractivity contribution in [3.05, 3.63) is 48.0 Å². The fourth-order valence-electron chi connectivity index (χ4n) is 3.75. The summed E-state index contributed by atoms with van der Waals surface area (Å²) in [4.78, 5) is 14.9. The molecule has 0 spiro atoms. The average molecular weight is 396 g/mol. The predicted octanol–water partition coefficient (Wildman–Crippen LogP) is 4.96. The lowest BCUT2D eigenvalue weighted by molar-refractivity contribution is -0.118. The number of nitrogens with two attached hydrogens (primary N) is 1. The molecule has 1 aliphatic rings. The second-order valence-electron chi connectivity index (χ2n) is 8.93. The van der Waals surface area contributed by atoms with Crippen molar-refractivity contribution in [3.63, 3.8) is 0 Å². The second-order valence-corrected chi connectivity index (χ2v) is 8.93. The van der Waals surface area contributed by atoms with Crippen LogP contribution in [0.15, 0.2) is 42.5 Å². The normalized spacial score (nSPS) is 17.1. The van der Waals surface area contributed by atoms with Crippen LogP contribution in [0.25, 0.3) is 0 Å². The molecule has 1 atom stereocenters. The molecule has 1 amide bonds. The van der Waals surface area contributed by atoms with E-state index >= 15 is 0 Å². The topological polar surface area (TPSA) is 67.6 Å². The number of anilines is 3. The van der Waals surface area contributed by atoms with Gasteiger partial charge < -0.3 is 20.7 Å². The van der Waals surface area contributed by atoms with Crippen molar-refractivity contribution < 1.29 is 9.53 Å². The number of nitrogens with one attached hydrogen (secondary N) is 1. The van der Waals surface area contributed by atoms with Crippen LogP contribution in [0.3, 0.4) is 0 Å². The van der Waals surface area contributed by atoms with Gasteiger partial charge in [0.05, 0.1) is 11.4 Å². The number of nitrogen functional groups attached to an aromatic ring is 1. The average Bonchev–Trinajstić information content (AvgIpc) is 2.67. The summed E-state index contributed by atoms with van der Waals surface area (Å²) in [5.41, 5.74) is 9.70. The minimum Gasteiger partial charge on any atom is -0.484 e. The molecule has 0 aliphatic carbocycles. The lowest BCUT2D eigenvalue weighted by atomic mass is 9.87. The van der Waals surface area contributed by atoms with Gasteiger partial charge in [0.25, 0.3) is 5.91 Å². The van der Waals surface area contributed by atoms with Crippen LogP contribution in [0.2, 0.25) is 0 Å². The zero-order valence-corrected chi connectivity index (χ0v) is 18.0. The van der Waals surface area contributed by atoms with E-state index in [1.54, 1.807) is 0 Å². The molecule has 0 radical (unpaired) electrons. The van der Waals surface area contributed by atoms with Crippen molar-refractivity contribution >= 4 is 23.0 Å². The predicted molar refractivity (Wildman–Crippen MR) is 121 cm³/mol. The lowest BCUT2D eigenvalue weighted by Gasteiger charge is -2.36. The smallest absolute Gasteiger partial charge is 0.262 e. The maximum atomic E-state index is 12.5. The van der Waals surface area contributed by atoms with E-state index in [0.717, 1.165) is 30.8 Å². The molecule has 0 saturated carbocycles. The van der Waals surface area contributed by atoms with E-state index in [4.69, 9.17) is 10.5 Å². The summed E-state index contributed by atoms with van der Waals surface area (Å²) in [5.74, 6) is 0.493. The monoisotopic (exact) mass is 395 g/mol. The molecule has 0 aromatic heterocycles. The number of piperidine rings is 1. The third-order valence-corrected chi connectivity index (χ3v) is 5.50. The van der Waals surface area contributed by atoms with Gasteiger partial charge >= 0.3 is 0 Å². The molecule has 156 valence electrons. The summed E-state index contributed by atoms with van der Waals surface area (Å²) in [5, 5.41) is 2.99. The number of nitrogens with zero attached hydrogens (tertiary/aromatic N) is 1. The Bertz CT molecular complexity index is 840. The van der Waals surface area contributed by atoms with Crippen LogP contribution in [0, 0.1) is 0 Å². The highest BCUT2D eigenvalue weighted by Gasteiger charge is 2.22. The Kier molecular flexibility index (Phi) is 6.36. The van der Waals surface area contributed by atoms with E-state index in [0.29, 0.717) is 17.5 Å². The number of hydrogen-bond acceptors (Lipinski definition) is 4. The second kappa shape index (κ2) is 8.76. The first-order valence-corrected chi connectivity index (χ1v) is 10.4. The molecular weight excluding hydrogens is 362 g/mol. The van der Waals surface area contributed by atoms with Crippen LogP contribution >= 0.6 is 0 Å². The number of rotatable bonds is 5. The van der Waals surface area contributed by atoms with Gasteiger partial charge in [-0.3, -0.25) is 4.79 Å². The zero-order chi connectivity index (χ0) is 21.0. The van der Waals surface area contributed by atoms with Crippen molar-refractivity contribution in [1.82, 2.24) is 0 Å². The van der Waals surface area contributed by atoms with Crippen LogP contribution in [0.5, 0.6) is 5.75 Å². The Hall–Kier alpha value is -2.69. The number of carbonyl (C=O) groups is 1. The summed E-state index contributed by atoms with van der Waals surface area (Å²) < 4.78 is 5.69. The molecule has 2 aromatic rings. The van der Waals surface area contributed by atoms with E-state index < -0.39 is 0 Å². The fraction of sp³-hybridized carbons (Fsp3) is 0.458. The van der Waals surface area contributed by atoms with Crippen molar-refractivity contribution in [1.29, 1.82) is 0 Å². The molecule has 1 saturated heterocycles. The van der Waals surface area contributed by atoms with Gasteiger partial charge in [-0.05, 0) is 67.5 Å². The molecule has 0 bridgehead atoms. The van der Waals surface area contributed by atoms with Gasteiger partial charge in [-0.15, -0.1) is 0 Å². The molecule has 3 rings (SSSR count). The van der Waals surface area contributed by atoms with Gasteiger partial charge in [0, 0.05) is 18.3 Å². The first-order chi connectivity index (χ1) is 13.7. The van der Waals surface area contributed by atoms with Gasteiger partial charge in [-0.25, -0.2) is 0 Å². The first-order valence-electron chi connectivity index (χ1n) is 10.4. The Morgan fingerprint density at radius 3 is 2.55 bits per heavy atom. The number of hydrogen-bond donors (Lipinski definition) is 2. The maximum Gasteiger partial charge on any atom is 0.262 e. The Morgan fingerprint density at radius 2 is 1.90 bits per heavy atom. The fourth-order valence-corrected chi connectivity index (χ4v) is 3.75. The lowest BCUT2D eigenvalue weighted by Crippen LogP contribution is -2.38. The first kappa shape index (κ1) is 21.0. The van der Waals surface area contributed by atoms with Crippen molar-refractivity contribution in [2.75, 3.05) is 29.1 Å². The van der Waals surface area contributed by atoms with Gasteiger partial charge in [-0.2, -0.15) is 0 Å². The zero-order valence-electron chi connectivity index (χ0n) is 18.0. The summed E-state index contributed by atoms with van der Waals surface area (Å²) in [6.45, 7) is 9.68. The van der Waals surface area contributed by atoms with Crippen LogP contribution in [0.4, 0.5) is 17.1 Å². The minimum atomic E-state index is -0.193. The van der Waals surface area contributed by atoms with Crippen molar-refractivity contribution in [3.8, 4) is 5.75 Å². The number of amides is 1. The van der Waals surface area contributed by atoms with Crippen LogP contribution in [0.1, 0.15) is 52.5 Å². The van der Waals surface area contributed by atoms with E-state index in [2.05, 4.69) is 37.9 Å². The van der Waals surface area contributed by atoms with Crippen molar-refractivity contribution in [2.45, 2.75) is 58.4 Å². The minimum absolute atomic E-state index is 0.0430. The molecule has 1 aliphatic heterocycles. The third-order valence-electron chi connectivity index (χ3n) is 5.50. The quantitative estimate of drug-likeness (QED) is 0.702. The molecule has 3 N–H and O–H groups in total. The highest BCUT2D eigenvalue weighted by atomic mass is 16.5. The van der Waals surface area contributed by atoms with E-state index in [9.17, 15) is 4.79 Å². The van der Waals surface area contributed by atoms with Gasteiger partial charge in [0.15, 0.2) is 6.61 Å². The molecule has 0 unspecified atom stereocenters. The van der Waals surface area contributed by atoms with Gasteiger partial charge in [0.1, 0.15) is 5.75 Å². The van der Waals surface area contributed by atoms with Crippen LogP contribution in [-0.2, 0) is 10.2 Å². The number of carbonyl (C=O) groups excluding carboxylic acids is 1. The largest absolute Gasteiger partial charge is 0.484 e. The van der Waals surface area contributed by atoms with Crippen LogP contribution < -0.4 is 20.7 Å². The Labute approximate surface area is 174 Å². The summed E-state index contributed by atoms with van der Waals surface area (Å²) >= 11 is 0. The van der Waals surface area contributed by atoms with Gasteiger partial charge in [0.2, 0.25) is 0 Å². The third kappa shape index (κ3) is 5.43. The van der Waals surface area contributed by atoms with Crippen LogP contribution in [-0.4, -0.2) is 25.1 Å². The molecule has 1 heterocycles. The summed E-state index contributed by atoms with van der Waals surface area (Å²) in [6.07, 6.45) is 3.57. The molecule has 5 heteroatoms. The summed E-state index contributed by atoms with van der Waals surface area (Å²) in [6, 6.07) is 14.1. The Morgan fingerprint density at radius 1 is 1.17 bits per heavy atom. The summed E-state index contributed by atoms with van der Waals surface area (Å²) in [7, 11) is 0.